The number of likely N-dealkylation sites (tertiary alicyclic amines) is 1. The third kappa shape index (κ3) is 4.39. The Bertz CT molecular complexity index is 806. The van der Waals surface area contributed by atoms with E-state index >= 15 is 0 Å². The molecule has 0 spiro atoms. The summed E-state index contributed by atoms with van der Waals surface area (Å²) < 4.78 is 19.8. The summed E-state index contributed by atoms with van der Waals surface area (Å²) >= 11 is 0. The van der Waals surface area contributed by atoms with Crippen LogP contribution < -0.4 is 5.32 Å². The molecule has 1 saturated carbocycles. The largest absolute Gasteiger partial charge is 0.444 e. The van der Waals surface area contributed by atoms with Crippen LogP contribution in [0.3, 0.4) is 0 Å². The number of hydrogen-bond acceptors (Lipinski definition) is 4. The quantitative estimate of drug-likeness (QED) is 0.805. The average Bonchev–Trinajstić information content (AvgIpc) is 3.09. The molecule has 0 bridgehead atoms. The maximum Gasteiger partial charge on any atom is 0.410 e. The van der Waals surface area contributed by atoms with Crippen molar-refractivity contribution in [3.05, 3.63) is 35.1 Å². The Morgan fingerprint density at radius 2 is 1.79 bits per heavy atom. The Kier molecular flexibility index (Phi) is 5.41. The molecule has 1 aromatic carbocycles. The first kappa shape index (κ1) is 21.6. The van der Waals surface area contributed by atoms with Crippen LogP contribution in [-0.2, 0) is 9.53 Å². The Hall–Kier alpha value is -2.15. The summed E-state index contributed by atoms with van der Waals surface area (Å²) in [7, 11) is 0. The van der Waals surface area contributed by atoms with E-state index in [1.165, 1.54) is 6.07 Å². The van der Waals surface area contributed by atoms with E-state index in [0.717, 1.165) is 0 Å². The first-order valence-corrected chi connectivity index (χ1v) is 10.0. The van der Waals surface area contributed by atoms with Gasteiger partial charge in [0.15, 0.2) is 0 Å². The zero-order valence-corrected chi connectivity index (χ0v) is 18.0. The van der Waals surface area contributed by atoms with E-state index in [9.17, 15) is 19.1 Å². The lowest BCUT2D eigenvalue weighted by molar-refractivity contribution is -0.126. The van der Waals surface area contributed by atoms with Gasteiger partial charge in [0.05, 0.1) is 5.54 Å². The van der Waals surface area contributed by atoms with E-state index in [1.54, 1.807) is 37.8 Å². The number of halogens is 1. The van der Waals surface area contributed by atoms with Crippen molar-refractivity contribution < 1.29 is 23.8 Å². The summed E-state index contributed by atoms with van der Waals surface area (Å²) in [5, 5.41) is 13.6. The summed E-state index contributed by atoms with van der Waals surface area (Å²) in [5.74, 6) is -0.612. The third-order valence-electron chi connectivity index (χ3n) is 5.79. The monoisotopic (exact) mass is 406 g/mol. The second-order valence-electron chi connectivity index (χ2n) is 9.83. The smallest absolute Gasteiger partial charge is 0.410 e. The van der Waals surface area contributed by atoms with Crippen LogP contribution in [0.5, 0.6) is 0 Å². The van der Waals surface area contributed by atoms with Gasteiger partial charge in [0.25, 0.3) is 0 Å². The van der Waals surface area contributed by atoms with E-state index in [2.05, 4.69) is 5.32 Å². The lowest BCUT2D eigenvalue weighted by Gasteiger charge is -2.33. The number of carbonyl (C=O) groups excluding carboxylic acids is 2. The molecule has 160 valence electrons. The van der Waals surface area contributed by atoms with Crippen LogP contribution in [0, 0.1) is 30.5 Å². The zero-order chi connectivity index (χ0) is 21.7. The number of benzene rings is 1. The lowest BCUT2D eigenvalue weighted by atomic mass is 9.89. The Labute approximate surface area is 171 Å². The minimum absolute atomic E-state index is 0.103. The van der Waals surface area contributed by atoms with E-state index in [4.69, 9.17) is 4.74 Å². The highest BCUT2D eigenvalue weighted by molar-refractivity contribution is 5.84. The van der Waals surface area contributed by atoms with Gasteiger partial charge < -0.3 is 20.1 Å². The number of ether oxygens (including phenoxy) is 1. The zero-order valence-electron chi connectivity index (χ0n) is 18.0. The van der Waals surface area contributed by atoms with Gasteiger partial charge in [-0.15, -0.1) is 0 Å². The van der Waals surface area contributed by atoms with Crippen molar-refractivity contribution >= 4 is 12.0 Å². The predicted octanol–water partition coefficient (Wildman–Crippen LogP) is 3.18. The highest BCUT2D eigenvalue weighted by Crippen LogP contribution is 2.52. The summed E-state index contributed by atoms with van der Waals surface area (Å²) in [6.45, 7) is 11.5. The molecule has 1 aliphatic carbocycles. The van der Waals surface area contributed by atoms with E-state index in [0.29, 0.717) is 18.7 Å². The molecule has 3 atom stereocenters. The number of nitrogens with one attached hydrogen (secondary N) is 1. The fraction of sp³-hybridized carbons (Fsp3) is 0.636. The number of fused-ring (bicyclic) bond motifs is 1. The minimum Gasteiger partial charge on any atom is -0.444 e. The number of aliphatic hydroxyl groups is 1. The average molecular weight is 406 g/mol. The van der Waals surface area contributed by atoms with Crippen LogP contribution in [0.1, 0.15) is 51.8 Å². The second kappa shape index (κ2) is 7.27. The second-order valence-corrected chi connectivity index (χ2v) is 9.83. The highest BCUT2D eigenvalue weighted by atomic mass is 19.1. The molecule has 2 N–H and O–H groups in total. The van der Waals surface area contributed by atoms with Crippen LogP contribution >= 0.6 is 0 Å². The van der Waals surface area contributed by atoms with E-state index < -0.39 is 23.1 Å². The molecule has 1 saturated heterocycles. The number of hydrogen-bond donors (Lipinski definition) is 2. The van der Waals surface area contributed by atoms with Crippen molar-refractivity contribution in [2.75, 3.05) is 13.1 Å². The van der Waals surface area contributed by atoms with Gasteiger partial charge in [-0.3, -0.25) is 4.79 Å². The molecular formula is C22H31FN2O4. The van der Waals surface area contributed by atoms with Crippen LogP contribution in [0.4, 0.5) is 9.18 Å². The van der Waals surface area contributed by atoms with Gasteiger partial charge in [-0.05, 0) is 58.9 Å². The van der Waals surface area contributed by atoms with Gasteiger partial charge in [-0.25, -0.2) is 9.18 Å². The standard InChI is InChI=1S/C22H31FN2O4/c1-12-8-7-9-13(17(12)23)18(26)22(5,6)24-19(27)16-14-10-25(11-15(14)16)20(28)29-21(2,3)4/h7-9,14-16,18,26H,10-11H2,1-6H3,(H,24,27). The van der Waals surface area contributed by atoms with Crippen LogP contribution in [0.15, 0.2) is 18.2 Å². The van der Waals surface area contributed by atoms with Crippen molar-refractivity contribution in [3.8, 4) is 0 Å². The fourth-order valence-corrected chi connectivity index (χ4v) is 4.13. The van der Waals surface area contributed by atoms with Crippen molar-refractivity contribution in [2.24, 2.45) is 17.8 Å². The van der Waals surface area contributed by atoms with Crippen molar-refractivity contribution in [3.63, 3.8) is 0 Å². The van der Waals surface area contributed by atoms with E-state index in [-0.39, 0.29) is 35.3 Å². The molecule has 2 aliphatic rings. The van der Waals surface area contributed by atoms with Gasteiger partial charge in [-0.2, -0.15) is 0 Å². The van der Waals surface area contributed by atoms with Crippen LogP contribution in [0.25, 0.3) is 0 Å². The van der Waals surface area contributed by atoms with Crippen molar-refractivity contribution in [2.45, 2.75) is 58.8 Å². The number of aryl methyl sites for hydroxylation is 1. The number of amides is 2. The topological polar surface area (TPSA) is 78.9 Å². The molecule has 7 heteroatoms. The third-order valence-corrected chi connectivity index (χ3v) is 5.79. The molecule has 6 nitrogen and oxygen atoms in total. The molecule has 0 aromatic heterocycles. The molecule has 0 radical (unpaired) electrons. The molecule has 2 fully saturated rings. The van der Waals surface area contributed by atoms with Gasteiger partial charge >= 0.3 is 6.09 Å². The van der Waals surface area contributed by atoms with Crippen molar-refractivity contribution in [1.29, 1.82) is 0 Å². The minimum atomic E-state index is -1.18. The van der Waals surface area contributed by atoms with Crippen LogP contribution in [0.2, 0.25) is 0 Å². The molecule has 1 heterocycles. The first-order valence-electron chi connectivity index (χ1n) is 10.0. The molecule has 1 aromatic rings. The Balaban J connectivity index is 1.58. The number of aliphatic hydroxyl groups excluding tert-OH is 1. The summed E-state index contributed by atoms with van der Waals surface area (Å²) in [6, 6.07) is 4.86. The maximum absolute atomic E-state index is 14.4. The number of carbonyl (C=O) groups is 2. The highest BCUT2D eigenvalue weighted by Gasteiger charge is 2.61. The molecular weight excluding hydrogens is 375 g/mol. The molecule has 3 unspecified atom stereocenters. The van der Waals surface area contributed by atoms with E-state index in [1.807, 2.05) is 20.8 Å². The van der Waals surface area contributed by atoms with Crippen LogP contribution in [-0.4, -0.2) is 46.2 Å². The van der Waals surface area contributed by atoms with Gasteiger partial charge in [-0.1, -0.05) is 18.2 Å². The number of piperidine rings is 1. The first-order chi connectivity index (χ1) is 13.3. The Morgan fingerprint density at radius 1 is 1.21 bits per heavy atom. The summed E-state index contributed by atoms with van der Waals surface area (Å²) in [5.41, 5.74) is -0.968. The molecule has 29 heavy (non-hydrogen) atoms. The SMILES string of the molecule is Cc1cccc(C(O)C(C)(C)NC(=O)C2C3CN(C(=O)OC(C)(C)C)CC32)c1F. The summed E-state index contributed by atoms with van der Waals surface area (Å²) in [4.78, 5) is 26.6. The fourth-order valence-electron chi connectivity index (χ4n) is 4.13. The Morgan fingerprint density at radius 3 is 2.34 bits per heavy atom. The molecule has 3 rings (SSSR count). The molecule has 1 aliphatic heterocycles. The number of rotatable bonds is 4. The normalized spacial score (nSPS) is 24.7. The number of nitrogens with zero attached hydrogens (tertiary/aromatic N) is 1. The molecule has 2 amide bonds. The van der Waals surface area contributed by atoms with Crippen molar-refractivity contribution in [1.82, 2.24) is 10.2 Å². The van der Waals surface area contributed by atoms with Gasteiger partial charge in [0.1, 0.15) is 17.5 Å². The maximum atomic E-state index is 14.4. The predicted molar refractivity (Wildman–Crippen MR) is 107 cm³/mol. The lowest BCUT2D eigenvalue weighted by Crippen LogP contribution is -2.49. The summed E-state index contributed by atoms with van der Waals surface area (Å²) in [6.07, 6.45) is -1.53. The van der Waals surface area contributed by atoms with Gasteiger partial charge in [0, 0.05) is 24.6 Å². The van der Waals surface area contributed by atoms with Gasteiger partial charge in [0.2, 0.25) is 5.91 Å².